The Morgan fingerprint density at radius 3 is 2.27 bits per heavy atom. The number of rotatable bonds is 3. The van der Waals surface area contributed by atoms with Crippen LogP contribution in [0.25, 0.3) is 0 Å². The van der Waals surface area contributed by atoms with Crippen LogP contribution < -0.4 is 0 Å². The van der Waals surface area contributed by atoms with Crippen molar-refractivity contribution in [3.8, 4) is 0 Å². The average Bonchev–Trinajstić information content (AvgIpc) is 2.55. The zero-order valence-corrected chi connectivity index (χ0v) is 13.2. The monoisotopic (exact) mass is 303 g/mol. The Kier molecular flexibility index (Phi) is 4.24. The van der Waals surface area contributed by atoms with Crippen molar-refractivity contribution in [3.63, 3.8) is 0 Å². The molecule has 0 radical (unpaired) electrons. The topological polar surface area (TPSA) is 60.8 Å². The van der Waals surface area contributed by atoms with Gasteiger partial charge in [-0.15, -0.1) is 0 Å². The summed E-state index contributed by atoms with van der Waals surface area (Å²) in [5, 5.41) is 19.9. The first kappa shape index (κ1) is 15.5. The molecule has 2 aliphatic rings. The van der Waals surface area contributed by atoms with Crippen LogP contribution in [-0.4, -0.2) is 46.3 Å². The van der Waals surface area contributed by atoms with Crippen molar-refractivity contribution in [2.75, 3.05) is 13.1 Å². The number of nitrogens with zero attached hydrogens (tertiary/aromatic N) is 1. The molecule has 0 unspecified atom stereocenters. The molecule has 2 fully saturated rings. The smallest absolute Gasteiger partial charge is 0.253 e. The molecule has 1 aliphatic heterocycles. The standard InChI is InChI=1S/C18H25NO3/c1-2-3-13-4-6-14(7-5-13)17(22)19-10-8-18(9-11-19)15(20)12-16(18)21/h4-7,15-16,20-21H,2-3,8-12H2,1H3/t15-,16+. The highest BCUT2D eigenvalue weighted by atomic mass is 16.3. The molecule has 1 saturated heterocycles. The minimum absolute atomic E-state index is 0.0567. The zero-order chi connectivity index (χ0) is 15.7. The third-order valence-corrected chi connectivity index (χ3v) is 5.49. The van der Waals surface area contributed by atoms with Gasteiger partial charge < -0.3 is 15.1 Å². The lowest BCUT2D eigenvalue weighted by molar-refractivity contribution is -0.187. The Hall–Kier alpha value is -1.39. The minimum atomic E-state index is -0.409. The quantitative estimate of drug-likeness (QED) is 0.897. The fourth-order valence-electron chi connectivity index (χ4n) is 3.82. The van der Waals surface area contributed by atoms with E-state index in [9.17, 15) is 15.0 Å². The van der Waals surface area contributed by atoms with Crippen LogP contribution in [0.1, 0.15) is 48.5 Å². The van der Waals surface area contributed by atoms with Crippen molar-refractivity contribution in [1.29, 1.82) is 0 Å². The Bertz CT molecular complexity index is 522. The lowest BCUT2D eigenvalue weighted by atomic mass is 9.58. The van der Waals surface area contributed by atoms with Gasteiger partial charge in [-0.05, 0) is 37.0 Å². The molecule has 0 aromatic heterocycles. The zero-order valence-electron chi connectivity index (χ0n) is 13.2. The molecule has 4 heteroatoms. The fraction of sp³-hybridized carbons (Fsp3) is 0.611. The number of hydrogen-bond acceptors (Lipinski definition) is 3. The van der Waals surface area contributed by atoms with Crippen molar-refractivity contribution in [2.24, 2.45) is 5.41 Å². The summed E-state index contributed by atoms with van der Waals surface area (Å²) in [5.41, 5.74) is 1.63. The van der Waals surface area contributed by atoms with Crippen LogP contribution in [-0.2, 0) is 6.42 Å². The van der Waals surface area contributed by atoms with Crippen LogP contribution in [0.2, 0.25) is 0 Å². The molecule has 22 heavy (non-hydrogen) atoms. The van der Waals surface area contributed by atoms with Gasteiger partial charge in [0.25, 0.3) is 5.91 Å². The van der Waals surface area contributed by atoms with E-state index < -0.39 is 12.2 Å². The first-order chi connectivity index (χ1) is 10.6. The molecule has 1 saturated carbocycles. The molecule has 2 N–H and O–H groups in total. The van der Waals surface area contributed by atoms with Crippen molar-refractivity contribution in [1.82, 2.24) is 4.90 Å². The third kappa shape index (κ3) is 2.55. The second-order valence-electron chi connectivity index (χ2n) is 6.74. The number of likely N-dealkylation sites (tertiary alicyclic amines) is 1. The van der Waals surface area contributed by atoms with Crippen molar-refractivity contribution >= 4 is 5.91 Å². The van der Waals surface area contributed by atoms with Gasteiger partial charge >= 0.3 is 0 Å². The van der Waals surface area contributed by atoms with Crippen molar-refractivity contribution in [2.45, 2.75) is 51.2 Å². The number of hydrogen-bond donors (Lipinski definition) is 2. The molecule has 3 rings (SSSR count). The summed E-state index contributed by atoms with van der Waals surface area (Å²) in [5.74, 6) is 0.0567. The van der Waals surface area contributed by atoms with E-state index in [1.807, 2.05) is 29.2 Å². The highest BCUT2D eigenvalue weighted by Gasteiger charge is 2.55. The number of amides is 1. The van der Waals surface area contributed by atoms with E-state index in [4.69, 9.17) is 0 Å². The van der Waals surface area contributed by atoms with Crippen molar-refractivity contribution in [3.05, 3.63) is 35.4 Å². The van der Waals surface area contributed by atoms with Gasteiger partial charge in [0.15, 0.2) is 0 Å². The van der Waals surface area contributed by atoms with E-state index in [-0.39, 0.29) is 11.3 Å². The predicted molar refractivity (Wildman–Crippen MR) is 84.6 cm³/mol. The summed E-state index contributed by atoms with van der Waals surface area (Å²) in [6.45, 7) is 3.37. The molecule has 1 spiro atoms. The molecular weight excluding hydrogens is 278 g/mol. The summed E-state index contributed by atoms with van der Waals surface area (Å²) in [6.07, 6.45) is 3.18. The molecule has 0 bridgehead atoms. The van der Waals surface area contributed by atoms with Crippen molar-refractivity contribution < 1.29 is 15.0 Å². The molecule has 1 amide bonds. The highest BCUT2D eigenvalue weighted by molar-refractivity contribution is 5.94. The number of piperidine rings is 1. The van der Waals surface area contributed by atoms with E-state index >= 15 is 0 Å². The number of aliphatic hydroxyl groups is 2. The Balaban J connectivity index is 1.62. The summed E-state index contributed by atoms with van der Waals surface area (Å²) in [6, 6.07) is 7.87. The maximum Gasteiger partial charge on any atom is 0.253 e. The highest BCUT2D eigenvalue weighted by Crippen LogP contribution is 2.49. The first-order valence-corrected chi connectivity index (χ1v) is 8.31. The SMILES string of the molecule is CCCc1ccc(C(=O)N2CCC3(CC2)[C@H](O)C[C@@H]3O)cc1. The summed E-state index contributed by atoms with van der Waals surface area (Å²) < 4.78 is 0. The molecule has 2 atom stereocenters. The Morgan fingerprint density at radius 2 is 1.77 bits per heavy atom. The summed E-state index contributed by atoms with van der Waals surface area (Å²) in [7, 11) is 0. The van der Waals surface area contributed by atoms with Crippen LogP contribution in [0.5, 0.6) is 0 Å². The van der Waals surface area contributed by atoms with E-state index in [0.717, 1.165) is 18.4 Å². The summed E-state index contributed by atoms with van der Waals surface area (Å²) >= 11 is 0. The lowest BCUT2D eigenvalue weighted by Crippen LogP contribution is -2.61. The average molecular weight is 303 g/mol. The Labute approximate surface area is 131 Å². The second-order valence-corrected chi connectivity index (χ2v) is 6.74. The molecule has 1 aromatic rings. The van der Waals surface area contributed by atoms with Gasteiger partial charge in [-0.25, -0.2) is 0 Å². The third-order valence-electron chi connectivity index (χ3n) is 5.49. The van der Waals surface area contributed by atoms with E-state index in [0.29, 0.717) is 32.4 Å². The molecule has 1 aliphatic carbocycles. The largest absolute Gasteiger partial charge is 0.392 e. The van der Waals surface area contributed by atoms with E-state index in [1.165, 1.54) is 5.56 Å². The molecule has 1 heterocycles. The first-order valence-electron chi connectivity index (χ1n) is 8.31. The van der Waals surface area contributed by atoms with E-state index in [1.54, 1.807) is 0 Å². The maximum absolute atomic E-state index is 12.6. The minimum Gasteiger partial charge on any atom is -0.392 e. The molecule has 1 aromatic carbocycles. The molecule has 4 nitrogen and oxygen atoms in total. The van der Waals surface area contributed by atoms with Crippen LogP contribution >= 0.6 is 0 Å². The van der Waals surface area contributed by atoms with Crippen LogP contribution in [0.15, 0.2) is 24.3 Å². The van der Waals surface area contributed by atoms with Crippen LogP contribution in [0, 0.1) is 5.41 Å². The van der Waals surface area contributed by atoms with Gasteiger partial charge in [0.2, 0.25) is 0 Å². The lowest BCUT2D eigenvalue weighted by Gasteiger charge is -2.55. The maximum atomic E-state index is 12.6. The van der Waals surface area contributed by atoms with Gasteiger partial charge in [-0.3, -0.25) is 4.79 Å². The number of carbonyl (C=O) groups is 1. The number of benzene rings is 1. The van der Waals surface area contributed by atoms with Gasteiger partial charge in [-0.1, -0.05) is 25.5 Å². The van der Waals surface area contributed by atoms with Crippen LogP contribution in [0.4, 0.5) is 0 Å². The van der Waals surface area contributed by atoms with Gasteiger partial charge in [-0.2, -0.15) is 0 Å². The number of carbonyl (C=O) groups excluding carboxylic acids is 1. The second kappa shape index (κ2) is 6.01. The predicted octanol–water partition coefficient (Wildman–Crippen LogP) is 1.99. The molecule has 120 valence electrons. The Morgan fingerprint density at radius 1 is 1.18 bits per heavy atom. The molecular formula is C18H25NO3. The van der Waals surface area contributed by atoms with Gasteiger partial charge in [0.05, 0.1) is 12.2 Å². The van der Waals surface area contributed by atoms with Gasteiger partial charge in [0, 0.05) is 30.5 Å². The normalized spacial score (nSPS) is 26.8. The van der Waals surface area contributed by atoms with Crippen LogP contribution in [0.3, 0.4) is 0 Å². The number of aliphatic hydroxyl groups excluding tert-OH is 2. The fourth-order valence-corrected chi connectivity index (χ4v) is 3.82. The number of aryl methyl sites for hydroxylation is 1. The summed E-state index contributed by atoms with van der Waals surface area (Å²) in [4.78, 5) is 14.4. The van der Waals surface area contributed by atoms with Gasteiger partial charge in [0.1, 0.15) is 0 Å². The van der Waals surface area contributed by atoms with E-state index in [2.05, 4.69) is 6.92 Å².